The summed E-state index contributed by atoms with van der Waals surface area (Å²) in [5.74, 6) is -2.02. The summed E-state index contributed by atoms with van der Waals surface area (Å²) in [6.07, 6.45) is 1.66. The molecule has 2 aromatic heterocycles. The van der Waals surface area contributed by atoms with Crippen LogP contribution in [-0.4, -0.2) is 25.7 Å². The predicted octanol–water partition coefficient (Wildman–Crippen LogP) is 3.94. The van der Waals surface area contributed by atoms with Crippen LogP contribution in [0.5, 0.6) is 0 Å². The Bertz CT molecular complexity index is 570. The van der Waals surface area contributed by atoms with E-state index in [1.165, 1.54) is 4.68 Å². The molecule has 0 radical (unpaired) electrons. The average molecular weight is 284 g/mol. The Kier molecular flexibility index (Phi) is 5.14. The number of hydrogen-bond acceptors (Lipinski definition) is 3. The maximum absolute atomic E-state index is 13.1. The fourth-order valence-corrected chi connectivity index (χ4v) is 1.77. The van der Waals surface area contributed by atoms with Crippen LogP contribution in [0.1, 0.15) is 52.1 Å². The molecule has 0 saturated heterocycles. The zero-order valence-electron chi connectivity index (χ0n) is 12.9. The van der Waals surface area contributed by atoms with Crippen LogP contribution in [0.25, 0.3) is 11.0 Å². The van der Waals surface area contributed by atoms with Crippen molar-refractivity contribution in [3.05, 3.63) is 17.7 Å². The molecule has 6 heteroatoms. The fourth-order valence-electron chi connectivity index (χ4n) is 1.77. The van der Waals surface area contributed by atoms with E-state index in [0.29, 0.717) is 17.2 Å². The SMILES string of the molecule is CC.Cc1nn(CC(C)(F)F)c2nc(C(C)C)ncc12. The van der Waals surface area contributed by atoms with E-state index in [-0.39, 0.29) is 5.92 Å². The number of alkyl halides is 2. The smallest absolute Gasteiger partial charge is 0.241 e. The van der Waals surface area contributed by atoms with Crippen LogP contribution in [-0.2, 0) is 6.54 Å². The molecule has 0 aliphatic carbocycles. The second kappa shape index (κ2) is 6.24. The zero-order valence-corrected chi connectivity index (χ0v) is 12.9. The first-order chi connectivity index (χ1) is 9.28. The molecule has 2 heterocycles. The third-order valence-electron chi connectivity index (χ3n) is 2.64. The lowest BCUT2D eigenvalue weighted by Gasteiger charge is -2.10. The molecule has 112 valence electrons. The lowest BCUT2D eigenvalue weighted by Crippen LogP contribution is -2.20. The quantitative estimate of drug-likeness (QED) is 0.857. The summed E-state index contributed by atoms with van der Waals surface area (Å²) in [6.45, 7) is 10.1. The molecule has 2 aromatic rings. The summed E-state index contributed by atoms with van der Waals surface area (Å²) in [6, 6.07) is 0. The molecular weight excluding hydrogens is 262 g/mol. The number of aromatic nitrogens is 4. The van der Waals surface area contributed by atoms with Crippen molar-refractivity contribution < 1.29 is 8.78 Å². The van der Waals surface area contributed by atoms with Gasteiger partial charge in [-0.2, -0.15) is 5.10 Å². The maximum atomic E-state index is 13.1. The molecule has 0 fully saturated rings. The molecule has 0 saturated carbocycles. The normalized spacial score (nSPS) is 11.7. The molecule has 2 rings (SSSR count). The first-order valence-corrected chi connectivity index (χ1v) is 6.86. The minimum Gasteiger partial charge on any atom is -0.241 e. The molecule has 0 amide bonds. The summed E-state index contributed by atoms with van der Waals surface area (Å²) in [5, 5.41) is 4.84. The maximum Gasteiger partial charge on any atom is 0.264 e. The Morgan fingerprint density at radius 3 is 2.40 bits per heavy atom. The monoisotopic (exact) mass is 284 g/mol. The fraction of sp³-hybridized carbons (Fsp3) is 0.643. The van der Waals surface area contributed by atoms with Crippen LogP contribution in [0.15, 0.2) is 6.20 Å². The van der Waals surface area contributed by atoms with E-state index in [1.54, 1.807) is 13.1 Å². The van der Waals surface area contributed by atoms with Crippen molar-refractivity contribution in [3.8, 4) is 0 Å². The van der Waals surface area contributed by atoms with Gasteiger partial charge in [0.2, 0.25) is 0 Å². The molecule has 20 heavy (non-hydrogen) atoms. The molecule has 0 unspecified atom stereocenters. The average Bonchev–Trinajstić information content (AvgIpc) is 2.66. The molecule has 0 bridgehead atoms. The summed E-state index contributed by atoms with van der Waals surface area (Å²) in [5.41, 5.74) is 1.15. The van der Waals surface area contributed by atoms with Gasteiger partial charge in [-0.15, -0.1) is 0 Å². The van der Waals surface area contributed by atoms with Gasteiger partial charge in [0.1, 0.15) is 12.4 Å². The lowest BCUT2D eigenvalue weighted by atomic mass is 10.2. The van der Waals surface area contributed by atoms with Crippen LogP contribution in [0.2, 0.25) is 0 Å². The predicted molar refractivity (Wildman–Crippen MR) is 76.1 cm³/mol. The number of fused-ring (bicyclic) bond motifs is 1. The second-order valence-corrected chi connectivity index (χ2v) is 4.93. The van der Waals surface area contributed by atoms with Crippen molar-refractivity contribution in [1.82, 2.24) is 19.7 Å². The Hall–Kier alpha value is -1.59. The van der Waals surface area contributed by atoms with Crippen molar-refractivity contribution >= 4 is 11.0 Å². The highest BCUT2D eigenvalue weighted by atomic mass is 19.3. The molecule has 0 N–H and O–H groups in total. The van der Waals surface area contributed by atoms with Gasteiger partial charge in [0, 0.05) is 19.0 Å². The molecule has 0 spiro atoms. The van der Waals surface area contributed by atoms with Crippen molar-refractivity contribution in [1.29, 1.82) is 0 Å². The van der Waals surface area contributed by atoms with Gasteiger partial charge in [0.05, 0.1) is 11.1 Å². The van der Waals surface area contributed by atoms with Gasteiger partial charge in [0.15, 0.2) is 5.65 Å². The van der Waals surface area contributed by atoms with Crippen LogP contribution in [0, 0.1) is 6.92 Å². The second-order valence-electron chi connectivity index (χ2n) is 4.93. The van der Waals surface area contributed by atoms with E-state index < -0.39 is 12.5 Å². The summed E-state index contributed by atoms with van der Waals surface area (Å²) in [4.78, 5) is 8.56. The van der Waals surface area contributed by atoms with E-state index in [4.69, 9.17) is 0 Å². The number of hydrogen-bond donors (Lipinski definition) is 0. The largest absolute Gasteiger partial charge is 0.264 e. The Morgan fingerprint density at radius 1 is 1.30 bits per heavy atom. The summed E-state index contributed by atoms with van der Waals surface area (Å²) >= 11 is 0. The zero-order chi connectivity index (χ0) is 15.5. The van der Waals surface area contributed by atoms with Gasteiger partial charge >= 0.3 is 0 Å². The molecular formula is C14H22F2N4. The first kappa shape index (κ1) is 16.5. The van der Waals surface area contributed by atoms with Gasteiger partial charge in [-0.05, 0) is 6.92 Å². The van der Waals surface area contributed by atoms with Gasteiger partial charge < -0.3 is 0 Å². The minimum absolute atomic E-state index is 0.153. The lowest BCUT2D eigenvalue weighted by molar-refractivity contribution is 0.00159. The van der Waals surface area contributed by atoms with E-state index in [9.17, 15) is 8.78 Å². The summed E-state index contributed by atoms with van der Waals surface area (Å²) in [7, 11) is 0. The number of halogens is 2. The highest BCUT2D eigenvalue weighted by Gasteiger charge is 2.24. The van der Waals surface area contributed by atoms with Crippen LogP contribution in [0.4, 0.5) is 8.78 Å². The molecule has 4 nitrogen and oxygen atoms in total. The van der Waals surface area contributed by atoms with E-state index >= 15 is 0 Å². The van der Waals surface area contributed by atoms with Gasteiger partial charge in [-0.3, -0.25) is 0 Å². The topological polar surface area (TPSA) is 43.6 Å². The van der Waals surface area contributed by atoms with Gasteiger partial charge in [-0.25, -0.2) is 23.4 Å². The van der Waals surface area contributed by atoms with Crippen LogP contribution in [0.3, 0.4) is 0 Å². The Labute approximate surface area is 118 Å². The van der Waals surface area contributed by atoms with Crippen LogP contribution >= 0.6 is 0 Å². The minimum atomic E-state index is -2.81. The molecule has 0 aliphatic rings. The third kappa shape index (κ3) is 3.71. The van der Waals surface area contributed by atoms with Crippen LogP contribution < -0.4 is 0 Å². The Morgan fingerprint density at radius 2 is 1.90 bits per heavy atom. The standard InChI is InChI=1S/C12H16F2N4.C2H6/c1-7(2)10-15-5-9-8(3)17-18(11(9)16-10)6-12(4,13)14;1-2/h5,7H,6H2,1-4H3;1-2H3. The number of rotatable bonds is 3. The van der Waals surface area contributed by atoms with Crippen molar-refractivity contribution in [2.45, 2.75) is 59.9 Å². The molecule has 0 aliphatic heterocycles. The van der Waals surface area contributed by atoms with Crippen molar-refractivity contribution in [2.24, 2.45) is 0 Å². The first-order valence-electron chi connectivity index (χ1n) is 6.86. The van der Waals surface area contributed by atoms with Crippen molar-refractivity contribution in [2.75, 3.05) is 0 Å². The Balaban J connectivity index is 0.000000956. The van der Waals surface area contributed by atoms with E-state index in [2.05, 4.69) is 15.1 Å². The van der Waals surface area contributed by atoms with Gasteiger partial charge in [-0.1, -0.05) is 27.7 Å². The number of aryl methyl sites for hydroxylation is 1. The van der Waals surface area contributed by atoms with Gasteiger partial charge in [0.25, 0.3) is 5.92 Å². The highest BCUT2D eigenvalue weighted by molar-refractivity contribution is 5.77. The summed E-state index contributed by atoms with van der Waals surface area (Å²) < 4.78 is 27.5. The third-order valence-corrected chi connectivity index (χ3v) is 2.64. The van der Waals surface area contributed by atoms with E-state index in [1.807, 2.05) is 27.7 Å². The number of nitrogens with zero attached hydrogens (tertiary/aromatic N) is 4. The van der Waals surface area contributed by atoms with Crippen molar-refractivity contribution in [3.63, 3.8) is 0 Å². The molecule has 0 aromatic carbocycles. The molecule has 0 atom stereocenters. The van der Waals surface area contributed by atoms with E-state index in [0.717, 1.165) is 12.3 Å². The highest BCUT2D eigenvalue weighted by Crippen LogP contribution is 2.21.